The van der Waals surface area contributed by atoms with Crippen molar-refractivity contribution in [3.8, 4) is 0 Å². The van der Waals surface area contributed by atoms with Crippen LogP contribution in [0.15, 0.2) is 24.3 Å². The molecule has 1 aromatic carbocycles. The number of nitrogens with one attached hydrogen (secondary N) is 1. The van der Waals surface area contributed by atoms with Gasteiger partial charge in [-0.25, -0.2) is 9.97 Å². The molecule has 1 atom stereocenters. The van der Waals surface area contributed by atoms with Gasteiger partial charge in [0.1, 0.15) is 11.3 Å². The van der Waals surface area contributed by atoms with Gasteiger partial charge in [-0.15, -0.1) is 0 Å². The number of hydrogen-bond acceptors (Lipinski definition) is 13. The lowest BCUT2D eigenvalue weighted by molar-refractivity contribution is -0.138. The van der Waals surface area contributed by atoms with Crippen molar-refractivity contribution in [2.75, 3.05) is 78.2 Å². The van der Waals surface area contributed by atoms with E-state index in [1.165, 1.54) is 0 Å². The number of hydrogen-bond donors (Lipinski definition) is 4. The number of likely N-dealkylation sites (tertiary alicyclic amines) is 1. The van der Waals surface area contributed by atoms with Crippen LogP contribution >= 0.6 is 12.6 Å². The smallest absolute Gasteiger partial charge is 0.242 e. The van der Waals surface area contributed by atoms with Gasteiger partial charge in [-0.2, -0.15) is 12.6 Å². The van der Waals surface area contributed by atoms with Crippen LogP contribution in [0.2, 0.25) is 0 Å². The zero-order valence-electron chi connectivity index (χ0n) is 30.2. The number of benzene rings is 1. The molecule has 0 aliphatic carbocycles. The summed E-state index contributed by atoms with van der Waals surface area (Å²) in [5.74, 6) is -0.110. The molecule has 0 saturated carbocycles. The number of imidazole rings is 1. The third kappa shape index (κ3) is 11.8. The van der Waals surface area contributed by atoms with Crippen molar-refractivity contribution in [2.24, 2.45) is 0 Å². The molecule has 1 saturated heterocycles. The Morgan fingerprint density at radius 2 is 1.63 bits per heavy atom. The quantitative estimate of drug-likeness (QED) is 0.0617. The SMILES string of the molecule is CCN(Cc1nc2c(N)nc3ccccc3c2n1CC(C)(C)O)C(=O)CCOCCOCCOCCOCCNC(=O)CCN1C(=O)CC(S)C1=O. The minimum atomic E-state index is -1.04. The molecule has 17 heteroatoms. The third-order valence-electron chi connectivity index (χ3n) is 8.23. The average Bonchev–Trinajstić information content (AvgIpc) is 3.57. The first-order chi connectivity index (χ1) is 24.9. The van der Waals surface area contributed by atoms with E-state index in [1.54, 1.807) is 18.7 Å². The maximum Gasteiger partial charge on any atom is 0.242 e. The number of fused-ring (bicyclic) bond motifs is 3. The number of carbonyl (C=O) groups excluding carboxylic acids is 4. The Morgan fingerprint density at radius 1 is 1.00 bits per heavy atom. The zero-order chi connectivity index (χ0) is 37.7. The minimum Gasteiger partial charge on any atom is -0.389 e. The van der Waals surface area contributed by atoms with E-state index in [0.29, 0.717) is 76.5 Å². The molecule has 1 fully saturated rings. The van der Waals surface area contributed by atoms with E-state index in [2.05, 4.69) is 22.9 Å². The molecule has 0 spiro atoms. The summed E-state index contributed by atoms with van der Waals surface area (Å²) in [4.78, 5) is 60.7. The van der Waals surface area contributed by atoms with E-state index in [1.807, 2.05) is 35.8 Å². The van der Waals surface area contributed by atoms with Gasteiger partial charge in [0.15, 0.2) is 5.82 Å². The summed E-state index contributed by atoms with van der Waals surface area (Å²) in [5.41, 5.74) is 7.31. The van der Waals surface area contributed by atoms with Crippen LogP contribution in [0.3, 0.4) is 0 Å². The molecule has 2 aromatic heterocycles. The molecular formula is C35H51N7O9S. The second kappa shape index (κ2) is 19.8. The maximum atomic E-state index is 13.1. The van der Waals surface area contributed by atoms with Crippen LogP contribution in [0.4, 0.5) is 5.82 Å². The van der Waals surface area contributed by atoms with E-state index in [9.17, 15) is 24.3 Å². The van der Waals surface area contributed by atoms with E-state index in [-0.39, 0.29) is 69.1 Å². The lowest BCUT2D eigenvalue weighted by Gasteiger charge is -2.24. The summed E-state index contributed by atoms with van der Waals surface area (Å²) in [6.07, 6.45) is 0.292. The lowest BCUT2D eigenvalue weighted by Crippen LogP contribution is -2.36. The number of thiol groups is 1. The zero-order valence-corrected chi connectivity index (χ0v) is 31.1. The van der Waals surface area contributed by atoms with Crippen LogP contribution in [0.5, 0.6) is 0 Å². The van der Waals surface area contributed by atoms with Crippen molar-refractivity contribution in [3.63, 3.8) is 0 Å². The molecule has 0 radical (unpaired) electrons. The summed E-state index contributed by atoms with van der Waals surface area (Å²) in [6, 6.07) is 7.65. The fraction of sp³-hybridized carbons (Fsp3) is 0.600. The second-order valence-corrected chi connectivity index (χ2v) is 13.6. The van der Waals surface area contributed by atoms with Crippen molar-refractivity contribution in [3.05, 3.63) is 30.1 Å². The molecule has 1 aliphatic rings. The highest BCUT2D eigenvalue weighted by molar-refractivity contribution is 7.81. The Bertz CT molecular complexity index is 1680. The van der Waals surface area contributed by atoms with Gasteiger partial charge in [-0.3, -0.25) is 24.1 Å². The Morgan fingerprint density at radius 3 is 2.25 bits per heavy atom. The molecule has 0 bridgehead atoms. The number of pyridine rings is 1. The first-order valence-corrected chi connectivity index (χ1v) is 18.0. The molecule has 4 N–H and O–H groups in total. The summed E-state index contributed by atoms with van der Waals surface area (Å²) < 4.78 is 24.0. The predicted molar refractivity (Wildman–Crippen MR) is 196 cm³/mol. The number of amides is 4. The average molecular weight is 746 g/mol. The molecule has 3 heterocycles. The predicted octanol–water partition coefficient (Wildman–Crippen LogP) is 1.31. The van der Waals surface area contributed by atoms with E-state index >= 15 is 0 Å². The second-order valence-electron chi connectivity index (χ2n) is 12.9. The number of ether oxygens (including phenoxy) is 4. The highest BCUT2D eigenvalue weighted by Crippen LogP contribution is 2.30. The molecule has 286 valence electrons. The number of nitrogens with zero attached hydrogens (tertiary/aromatic N) is 5. The Labute approximate surface area is 308 Å². The fourth-order valence-electron chi connectivity index (χ4n) is 5.67. The number of imide groups is 1. The van der Waals surface area contributed by atoms with Crippen molar-refractivity contribution in [2.45, 2.75) is 64.0 Å². The van der Waals surface area contributed by atoms with Crippen LogP contribution in [0.1, 0.15) is 45.9 Å². The third-order valence-corrected chi connectivity index (χ3v) is 8.63. The number of nitrogens with two attached hydrogens (primary N) is 1. The van der Waals surface area contributed by atoms with Gasteiger partial charge in [-0.1, -0.05) is 18.2 Å². The van der Waals surface area contributed by atoms with Gasteiger partial charge in [0, 0.05) is 37.9 Å². The Balaban J connectivity index is 1.05. The molecule has 4 rings (SSSR count). The van der Waals surface area contributed by atoms with Gasteiger partial charge in [0.2, 0.25) is 23.6 Å². The summed E-state index contributed by atoms with van der Waals surface area (Å²) >= 11 is 4.06. The monoisotopic (exact) mass is 745 g/mol. The summed E-state index contributed by atoms with van der Waals surface area (Å²) in [5, 5.41) is 13.7. The van der Waals surface area contributed by atoms with Crippen molar-refractivity contribution in [1.82, 2.24) is 29.7 Å². The first kappa shape index (κ1) is 40.9. The number of aliphatic hydroxyl groups is 1. The summed E-state index contributed by atoms with van der Waals surface area (Å²) in [6.45, 7) is 9.36. The van der Waals surface area contributed by atoms with Crippen LogP contribution in [0, 0.1) is 0 Å². The van der Waals surface area contributed by atoms with E-state index in [0.717, 1.165) is 21.3 Å². The number of nitrogen functional groups attached to an aromatic ring is 1. The molecule has 1 unspecified atom stereocenters. The summed E-state index contributed by atoms with van der Waals surface area (Å²) in [7, 11) is 0. The van der Waals surface area contributed by atoms with Crippen molar-refractivity contribution in [1.29, 1.82) is 0 Å². The van der Waals surface area contributed by atoms with Gasteiger partial charge >= 0.3 is 0 Å². The highest BCUT2D eigenvalue weighted by Gasteiger charge is 2.36. The molecule has 3 aromatic rings. The molecule has 4 amide bonds. The van der Waals surface area contributed by atoms with Gasteiger partial charge in [0.05, 0.1) is 94.2 Å². The van der Waals surface area contributed by atoms with Crippen molar-refractivity contribution < 1.29 is 43.2 Å². The molecule has 52 heavy (non-hydrogen) atoms. The fourth-order valence-corrected chi connectivity index (χ4v) is 5.97. The maximum absolute atomic E-state index is 13.1. The van der Waals surface area contributed by atoms with Crippen LogP contribution in [-0.2, 0) is 51.2 Å². The minimum absolute atomic E-state index is 0.0335. The normalized spacial score (nSPS) is 14.9. The Kier molecular flexibility index (Phi) is 15.6. The number of para-hydroxylation sites is 1. The number of rotatable bonds is 23. The standard InChI is InChI=1S/C35H51N7O9S/c1-4-40(22-27-39-31-32(42(27)23-35(2,3)47)24-7-5-6-8-25(24)38-33(31)36)29(44)10-13-48-15-17-50-19-20-51-18-16-49-14-11-37-28(43)9-12-41-30(45)21-26(52)34(41)46/h5-8,26,47,52H,4,9-23H2,1-3H3,(H2,36,38)(H,37,43). The van der Waals surface area contributed by atoms with Crippen LogP contribution in [0.25, 0.3) is 21.9 Å². The highest BCUT2D eigenvalue weighted by atomic mass is 32.1. The number of anilines is 1. The van der Waals surface area contributed by atoms with E-state index < -0.39 is 10.9 Å². The molecule has 16 nitrogen and oxygen atoms in total. The molecular weight excluding hydrogens is 694 g/mol. The molecule has 1 aliphatic heterocycles. The lowest BCUT2D eigenvalue weighted by atomic mass is 10.1. The number of carbonyl (C=O) groups is 4. The largest absolute Gasteiger partial charge is 0.389 e. The Hall–Kier alpha value is -3.87. The first-order valence-electron chi connectivity index (χ1n) is 17.5. The van der Waals surface area contributed by atoms with Gasteiger partial charge < -0.3 is 44.6 Å². The van der Waals surface area contributed by atoms with Crippen LogP contribution < -0.4 is 11.1 Å². The number of aromatic nitrogens is 3. The van der Waals surface area contributed by atoms with Gasteiger partial charge in [0.25, 0.3) is 0 Å². The topological polar surface area (TPSA) is 201 Å². The van der Waals surface area contributed by atoms with Gasteiger partial charge in [-0.05, 0) is 26.8 Å². The van der Waals surface area contributed by atoms with E-state index in [4.69, 9.17) is 29.7 Å². The van der Waals surface area contributed by atoms with Crippen molar-refractivity contribution >= 4 is 64.0 Å². The van der Waals surface area contributed by atoms with Crippen LogP contribution in [-0.4, -0.2) is 136 Å².